The summed E-state index contributed by atoms with van der Waals surface area (Å²) in [5.41, 5.74) is -0.497. The summed E-state index contributed by atoms with van der Waals surface area (Å²) in [7, 11) is 0. The van der Waals surface area contributed by atoms with Crippen LogP contribution in [0.3, 0.4) is 0 Å². The quantitative estimate of drug-likeness (QED) is 0.527. The smallest absolute Gasteiger partial charge is 0.434 e. The maximum absolute atomic E-state index is 12.5. The molecule has 0 saturated carbocycles. The third kappa shape index (κ3) is 5.70. The van der Waals surface area contributed by atoms with Gasteiger partial charge in [-0.2, -0.15) is 0 Å². The van der Waals surface area contributed by atoms with E-state index in [1.54, 1.807) is 29.3 Å². The monoisotopic (exact) mass is 377 g/mol. The molecular formula is C21H31NO5. The summed E-state index contributed by atoms with van der Waals surface area (Å²) < 4.78 is 10.6. The first-order chi connectivity index (χ1) is 12.7. The van der Waals surface area contributed by atoms with E-state index in [4.69, 9.17) is 14.3 Å². The van der Waals surface area contributed by atoms with E-state index in [0.29, 0.717) is 25.0 Å². The summed E-state index contributed by atoms with van der Waals surface area (Å²) >= 11 is 0. The van der Waals surface area contributed by atoms with E-state index in [1.807, 2.05) is 40.7 Å². The minimum Gasteiger partial charge on any atom is -0.434 e. The average Bonchev–Trinajstić information content (AvgIpc) is 2.58. The molecule has 0 aromatic heterocycles. The lowest BCUT2D eigenvalue weighted by Crippen LogP contribution is -2.62. The van der Waals surface area contributed by atoms with Gasteiger partial charge in [-0.05, 0) is 46.2 Å². The molecule has 0 spiro atoms. The Kier molecular flexibility index (Phi) is 6.87. The predicted octanol–water partition coefficient (Wildman–Crippen LogP) is 4.73. The molecule has 0 unspecified atom stereocenters. The Labute approximate surface area is 161 Å². The first kappa shape index (κ1) is 21.2. The summed E-state index contributed by atoms with van der Waals surface area (Å²) in [6.45, 7) is 10.3. The second-order valence-electron chi connectivity index (χ2n) is 8.26. The van der Waals surface area contributed by atoms with Crippen LogP contribution in [-0.4, -0.2) is 41.0 Å². The van der Waals surface area contributed by atoms with E-state index in [1.165, 1.54) is 0 Å². The molecule has 1 aromatic rings. The fourth-order valence-electron chi connectivity index (χ4n) is 3.68. The maximum Gasteiger partial charge on any atom is 0.508 e. The van der Waals surface area contributed by atoms with Crippen LogP contribution >= 0.6 is 0 Å². The van der Waals surface area contributed by atoms with Crippen molar-refractivity contribution in [3.8, 4) is 0 Å². The normalized spacial score (nSPS) is 19.3. The fourth-order valence-corrected chi connectivity index (χ4v) is 3.68. The van der Waals surface area contributed by atoms with Crippen molar-refractivity contribution in [2.24, 2.45) is 0 Å². The van der Waals surface area contributed by atoms with Gasteiger partial charge >= 0.3 is 12.1 Å². The Bertz CT molecular complexity index is 623. The zero-order valence-corrected chi connectivity index (χ0v) is 17.0. The molecule has 1 aliphatic rings. The molecule has 2 rings (SSSR count). The lowest BCUT2D eigenvalue weighted by atomic mass is 9.80. The van der Waals surface area contributed by atoms with Gasteiger partial charge in [-0.3, -0.25) is 0 Å². The number of ether oxygens (including phenoxy) is 2. The Morgan fingerprint density at radius 3 is 2.22 bits per heavy atom. The van der Waals surface area contributed by atoms with Gasteiger partial charge in [0.1, 0.15) is 6.10 Å². The highest BCUT2D eigenvalue weighted by atomic mass is 16.7. The molecule has 6 nitrogen and oxygen atoms in total. The molecule has 1 aromatic carbocycles. The van der Waals surface area contributed by atoms with Gasteiger partial charge in [0, 0.05) is 12.8 Å². The van der Waals surface area contributed by atoms with E-state index >= 15 is 0 Å². The van der Waals surface area contributed by atoms with Crippen LogP contribution < -0.4 is 0 Å². The molecule has 1 saturated heterocycles. The van der Waals surface area contributed by atoms with Crippen molar-refractivity contribution < 1.29 is 23.9 Å². The SMILES string of the molecule is CCCCOC(=O)OC1CC(C)(C)N(OC(=O)c2ccccc2)C(C)(C)C1. The third-order valence-corrected chi connectivity index (χ3v) is 4.72. The minimum absolute atomic E-state index is 0.296. The van der Waals surface area contributed by atoms with Crippen molar-refractivity contribution in [3.63, 3.8) is 0 Å². The maximum atomic E-state index is 12.5. The number of hydroxylamine groups is 2. The van der Waals surface area contributed by atoms with Gasteiger partial charge in [0.25, 0.3) is 0 Å². The van der Waals surface area contributed by atoms with Crippen LogP contribution in [0, 0.1) is 0 Å². The minimum atomic E-state index is -0.630. The fraction of sp³-hybridized carbons (Fsp3) is 0.619. The molecule has 0 radical (unpaired) electrons. The lowest BCUT2D eigenvalue weighted by molar-refractivity contribution is -0.256. The van der Waals surface area contributed by atoms with Crippen LogP contribution in [0.2, 0.25) is 0 Å². The van der Waals surface area contributed by atoms with Crippen LogP contribution in [-0.2, 0) is 14.3 Å². The summed E-state index contributed by atoms with van der Waals surface area (Å²) in [5, 5.41) is 1.73. The highest BCUT2D eigenvalue weighted by Gasteiger charge is 2.49. The van der Waals surface area contributed by atoms with Gasteiger partial charge in [0.15, 0.2) is 0 Å². The van der Waals surface area contributed by atoms with E-state index in [0.717, 1.165) is 12.8 Å². The molecule has 0 atom stereocenters. The van der Waals surface area contributed by atoms with Gasteiger partial charge in [-0.15, -0.1) is 5.06 Å². The number of rotatable bonds is 6. The summed E-state index contributed by atoms with van der Waals surface area (Å²) in [4.78, 5) is 30.2. The molecular weight excluding hydrogens is 346 g/mol. The average molecular weight is 377 g/mol. The highest BCUT2D eigenvalue weighted by Crippen LogP contribution is 2.40. The van der Waals surface area contributed by atoms with Gasteiger partial charge in [0.05, 0.1) is 23.2 Å². The Hall–Kier alpha value is -2.08. The number of hydrogen-bond donors (Lipinski definition) is 0. The molecule has 0 bridgehead atoms. The van der Waals surface area contributed by atoms with Crippen molar-refractivity contribution in [3.05, 3.63) is 35.9 Å². The first-order valence-corrected chi connectivity index (χ1v) is 9.57. The highest BCUT2D eigenvalue weighted by molar-refractivity contribution is 5.89. The molecule has 1 heterocycles. The van der Waals surface area contributed by atoms with Gasteiger partial charge in [-0.25, -0.2) is 9.59 Å². The lowest BCUT2D eigenvalue weighted by Gasteiger charge is -2.52. The topological polar surface area (TPSA) is 65.1 Å². The van der Waals surface area contributed by atoms with E-state index in [-0.39, 0.29) is 6.10 Å². The second-order valence-corrected chi connectivity index (χ2v) is 8.26. The predicted molar refractivity (Wildman–Crippen MR) is 102 cm³/mol. The molecule has 150 valence electrons. The Morgan fingerprint density at radius 1 is 1.07 bits per heavy atom. The molecule has 0 N–H and O–H groups in total. The van der Waals surface area contributed by atoms with Crippen LogP contribution in [0.1, 0.15) is 70.7 Å². The number of unbranched alkanes of at least 4 members (excludes halogenated alkanes) is 1. The summed E-state index contributed by atoms with van der Waals surface area (Å²) in [5.74, 6) is -0.393. The number of hydrogen-bond acceptors (Lipinski definition) is 6. The zero-order chi connectivity index (χ0) is 20.1. The van der Waals surface area contributed by atoms with E-state index in [9.17, 15) is 9.59 Å². The molecule has 27 heavy (non-hydrogen) atoms. The Morgan fingerprint density at radius 2 is 1.67 bits per heavy atom. The van der Waals surface area contributed by atoms with Crippen molar-refractivity contribution in [1.82, 2.24) is 5.06 Å². The van der Waals surface area contributed by atoms with E-state index in [2.05, 4.69) is 0 Å². The number of carbonyl (C=O) groups excluding carboxylic acids is 2. The second kappa shape index (κ2) is 8.74. The molecule has 0 amide bonds. The van der Waals surface area contributed by atoms with Crippen molar-refractivity contribution >= 4 is 12.1 Å². The molecule has 0 aliphatic carbocycles. The summed E-state index contributed by atoms with van der Waals surface area (Å²) in [6, 6.07) is 8.91. The van der Waals surface area contributed by atoms with Gasteiger partial charge < -0.3 is 14.3 Å². The van der Waals surface area contributed by atoms with E-state index < -0.39 is 23.2 Å². The number of carbonyl (C=O) groups is 2. The number of benzene rings is 1. The standard InChI is InChI=1S/C21H31NO5/c1-6-7-13-25-19(24)26-17-14-20(2,3)22(21(4,5)15-17)27-18(23)16-11-9-8-10-12-16/h8-12,17H,6-7,13-15H2,1-5H3. The zero-order valence-electron chi connectivity index (χ0n) is 17.0. The Balaban J connectivity index is 2.03. The number of piperidine rings is 1. The summed E-state index contributed by atoms with van der Waals surface area (Å²) in [6.07, 6.45) is 1.94. The first-order valence-electron chi connectivity index (χ1n) is 9.57. The molecule has 1 fully saturated rings. The van der Waals surface area contributed by atoms with Crippen LogP contribution in [0.15, 0.2) is 30.3 Å². The molecule has 1 aliphatic heterocycles. The van der Waals surface area contributed by atoms with Crippen LogP contribution in [0.5, 0.6) is 0 Å². The van der Waals surface area contributed by atoms with Crippen LogP contribution in [0.4, 0.5) is 4.79 Å². The van der Waals surface area contributed by atoms with Gasteiger partial charge in [-0.1, -0.05) is 31.5 Å². The van der Waals surface area contributed by atoms with Gasteiger partial charge in [0.2, 0.25) is 0 Å². The third-order valence-electron chi connectivity index (χ3n) is 4.72. The van der Waals surface area contributed by atoms with Crippen LogP contribution in [0.25, 0.3) is 0 Å². The largest absolute Gasteiger partial charge is 0.508 e. The molecule has 6 heteroatoms. The number of nitrogens with zero attached hydrogens (tertiary/aromatic N) is 1. The van der Waals surface area contributed by atoms with Crippen molar-refractivity contribution in [1.29, 1.82) is 0 Å². The van der Waals surface area contributed by atoms with Crippen molar-refractivity contribution in [2.45, 2.75) is 77.5 Å². The van der Waals surface area contributed by atoms with Crippen molar-refractivity contribution in [2.75, 3.05) is 6.61 Å².